The van der Waals surface area contributed by atoms with Gasteiger partial charge in [-0.05, 0) is 43.2 Å². The minimum atomic E-state index is -3.35. The van der Waals surface area contributed by atoms with Crippen molar-refractivity contribution in [3.05, 3.63) is 59.6 Å². The molecular weight excluding hydrogens is 360 g/mol. The first-order valence-corrected chi connectivity index (χ1v) is 10.00. The molecule has 2 amide bonds. The van der Waals surface area contributed by atoms with E-state index in [0.717, 1.165) is 0 Å². The molecule has 2 aromatic rings. The molecule has 0 aromatic heterocycles. The lowest BCUT2D eigenvalue weighted by atomic mass is 10.1. The van der Waals surface area contributed by atoms with Crippen LogP contribution in [0.5, 0.6) is 0 Å². The number of benzene rings is 2. The van der Waals surface area contributed by atoms with Gasteiger partial charge in [0.05, 0.1) is 10.1 Å². The molecule has 0 atom stereocenters. The quantitative estimate of drug-likeness (QED) is 0.883. The third kappa shape index (κ3) is 4.14. The Kier molecular flexibility index (Phi) is 5.30. The van der Waals surface area contributed by atoms with Crippen molar-refractivity contribution in [2.75, 3.05) is 18.4 Å². The Morgan fingerprint density at radius 2 is 1.72 bits per heavy atom. The zero-order valence-electron chi connectivity index (χ0n) is 13.6. The summed E-state index contributed by atoms with van der Waals surface area (Å²) in [6, 6.07) is 15.2. The van der Waals surface area contributed by atoms with Gasteiger partial charge < -0.3 is 10.2 Å². The van der Waals surface area contributed by atoms with Crippen LogP contribution in [0.2, 0.25) is 5.02 Å². The highest BCUT2D eigenvalue weighted by atomic mass is 35.5. The monoisotopic (exact) mass is 378 g/mol. The van der Waals surface area contributed by atoms with Crippen molar-refractivity contribution >= 4 is 33.2 Å². The number of hydrogen-bond donors (Lipinski definition) is 1. The van der Waals surface area contributed by atoms with E-state index in [1.807, 2.05) is 0 Å². The number of likely N-dealkylation sites (tertiary alicyclic amines) is 1. The van der Waals surface area contributed by atoms with Gasteiger partial charge >= 0.3 is 6.03 Å². The van der Waals surface area contributed by atoms with Crippen molar-refractivity contribution in [2.45, 2.75) is 23.0 Å². The van der Waals surface area contributed by atoms with E-state index in [4.69, 9.17) is 11.6 Å². The molecule has 3 rings (SSSR count). The largest absolute Gasteiger partial charge is 0.324 e. The van der Waals surface area contributed by atoms with E-state index in [9.17, 15) is 13.2 Å². The second kappa shape index (κ2) is 7.45. The van der Waals surface area contributed by atoms with Crippen LogP contribution in [0.3, 0.4) is 0 Å². The minimum absolute atomic E-state index is 0.238. The fraction of sp³-hybridized carbons (Fsp3) is 0.278. The number of amides is 2. The smallest absolute Gasteiger partial charge is 0.321 e. The first kappa shape index (κ1) is 17.8. The van der Waals surface area contributed by atoms with Crippen molar-refractivity contribution < 1.29 is 13.2 Å². The summed E-state index contributed by atoms with van der Waals surface area (Å²) in [6.45, 7) is 0.812. The van der Waals surface area contributed by atoms with Crippen LogP contribution >= 0.6 is 11.6 Å². The molecule has 0 spiro atoms. The van der Waals surface area contributed by atoms with E-state index < -0.39 is 15.1 Å². The van der Waals surface area contributed by atoms with Crippen molar-refractivity contribution in [1.82, 2.24) is 4.90 Å². The second-order valence-electron chi connectivity index (χ2n) is 5.98. The number of carbonyl (C=O) groups is 1. The molecule has 0 saturated carbocycles. The van der Waals surface area contributed by atoms with Gasteiger partial charge in [0, 0.05) is 23.8 Å². The van der Waals surface area contributed by atoms with E-state index >= 15 is 0 Å². The minimum Gasteiger partial charge on any atom is -0.324 e. The molecule has 0 bridgehead atoms. The molecule has 1 N–H and O–H groups in total. The molecule has 1 heterocycles. The van der Waals surface area contributed by atoms with Gasteiger partial charge in [-0.15, -0.1) is 0 Å². The number of nitrogens with one attached hydrogen (secondary N) is 1. The molecule has 0 aliphatic carbocycles. The molecule has 25 heavy (non-hydrogen) atoms. The lowest BCUT2D eigenvalue weighted by Gasteiger charge is -2.31. The molecule has 0 radical (unpaired) electrons. The summed E-state index contributed by atoms with van der Waals surface area (Å²) in [7, 11) is -3.35. The topological polar surface area (TPSA) is 66.5 Å². The number of rotatable bonds is 3. The average molecular weight is 379 g/mol. The van der Waals surface area contributed by atoms with Crippen LogP contribution in [0, 0.1) is 0 Å². The first-order chi connectivity index (χ1) is 12.0. The Hall–Kier alpha value is -2.05. The first-order valence-electron chi connectivity index (χ1n) is 8.07. The van der Waals surface area contributed by atoms with Gasteiger partial charge in [-0.2, -0.15) is 0 Å². The van der Waals surface area contributed by atoms with Crippen molar-refractivity contribution in [1.29, 1.82) is 0 Å². The summed E-state index contributed by atoms with van der Waals surface area (Å²) >= 11 is 5.91. The zero-order chi connectivity index (χ0) is 17.9. The summed E-state index contributed by atoms with van der Waals surface area (Å²) in [5, 5.41) is 2.88. The zero-order valence-corrected chi connectivity index (χ0v) is 15.1. The Balaban J connectivity index is 1.61. The number of urea groups is 1. The van der Waals surface area contributed by atoms with Gasteiger partial charge in [0.1, 0.15) is 0 Å². The van der Waals surface area contributed by atoms with Crippen LogP contribution < -0.4 is 5.32 Å². The van der Waals surface area contributed by atoms with Crippen LogP contribution in [0.1, 0.15) is 12.8 Å². The average Bonchev–Trinajstić information content (AvgIpc) is 2.62. The Labute approximate surface area is 152 Å². The number of hydrogen-bond acceptors (Lipinski definition) is 3. The number of piperidine rings is 1. The van der Waals surface area contributed by atoms with Crippen LogP contribution in [0.4, 0.5) is 10.5 Å². The Morgan fingerprint density at radius 1 is 1.04 bits per heavy atom. The maximum Gasteiger partial charge on any atom is 0.321 e. The SMILES string of the molecule is O=C(Nc1cccc(Cl)c1)N1CCC(S(=O)(=O)c2ccccc2)CC1. The van der Waals surface area contributed by atoms with Crippen molar-refractivity contribution in [3.63, 3.8) is 0 Å². The third-order valence-electron chi connectivity index (χ3n) is 4.32. The lowest BCUT2D eigenvalue weighted by Crippen LogP contribution is -2.44. The van der Waals surface area contributed by atoms with E-state index in [1.54, 1.807) is 59.5 Å². The highest BCUT2D eigenvalue weighted by Gasteiger charge is 2.32. The number of halogens is 1. The highest BCUT2D eigenvalue weighted by molar-refractivity contribution is 7.92. The van der Waals surface area contributed by atoms with Crippen LogP contribution in [0.15, 0.2) is 59.5 Å². The van der Waals surface area contributed by atoms with Crippen molar-refractivity contribution in [2.24, 2.45) is 0 Å². The summed E-state index contributed by atoms with van der Waals surface area (Å²) in [5.41, 5.74) is 0.622. The molecule has 1 fully saturated rings. The van der Waals surface area contributed by atoms with Gasteiger partial charge in [0.15, 0.2) is 9.84 Å². The lowest BCUT2D eigenvalue weighted by molar-refractivity contribution is 0.200. The number of sulfone groups is 1. The number of nitrogens with zero attached hydrogens (tertiary/aromatic N) is 1. The molecule has 0 unspecified atom stereocenters. The standard InChI is InChI=1S/C18H19ClN2O3S/c19-14-5-4-6-15(13-14)20-18(22)21-11-9-17(10-12-21)25(23,24)16-7-2-1-3-8-16/h1-8,13,17H,9-12H2,(H,20,22). The van der Waals surface area contributed by atoms with E-state index in [-0.39, 0.29) is 6.03 Å². The van der Waals surface area contributed by atoms with E-state index in [1.165, 1.54) is 0 Å². The molecule has 1 aliphatic heterocycles. The van der Waals surface area contributed by atoms with Gasteiger partial charge in [0.25, 0.3) is 0 Å². The van der Waals surface area contributed by atoms with Crippen LogP contribution in [-0.2, 0) is 9.84 Å². The van der Waals surface area contributed by atoms with Gasteiger partial charge in [-0.3, -0.25) is 0 Å². The summed E-state index contributed by atoms with van der Waals surface area (Å²) < 4.78 is 25.3. The van der Waals surface area contributed by atoms with E-state index in [2.05, 4.69) is 5.32 Å². The van der Waals surface area contributed by atoms with E-state index in [0.29, 0.717) is 41.5 Å². The second-order valence-corrected chi connectivity index (χ2v) is 8.65. The fourth-order valence-electron chi connectivity index (χ4n) is 2.94. The van der Waals surface area contributed by atoms with Crippen LogP contribution in [-0.4, -0.2) is 37.7 Å². The Morgan fingerprint density at radius 3 is 2.36 bits per heavy atom. The highest BCUT2D eigenvalue weighted by Crippen LogP contribution is 2.25. The maximum absolute atomic E-state index is 12.7. The predicted octanol–water partition coefficient (Wildman–Crippen LogP) is 3.81. The van der Waals surface area contributed by atoms with Crippen LogP contribution in [0.25, 0.3) is 0 Å². The summed E-state index contributed by atoms with van der Waals surface area (Å²) in [6.07, 6.45) is 0.861. The number of anilines is 1. The molecule has 7 heteroatoms. The molecule has 5 nitrogen and oxygen atoms in total. The van der Waals surface area contributed by atoms with Crippen molar-refractivity contribution in [3.8, 4) is 0 Å². The number of carbonyl (C=O) groups excluding carboxylic acids is 1. The normalized spacial score (nSPS) is 15.8. The maximum atomic E-state index is 12.7. The van der Waals surface area contributed by atoms with Gasteiger partial charge in [-0.1, -0.05) is 35.9 Å². The fourth-order valence-corrected chi connectivity index (χ4v) is 4.88. The predicted molar refractivity (Wildman–Crippen MR) is 98.7 cm³/mol. The summed E-state index contributed by atoms with van der Waals surface area (Å²) in [5.74, 6) is 0. The summed E-state index contributed by atoms with van der Waals surface area (Å²) in [4.78, 5) is 14.3. The van der Waals surface area contributed by atoms with Gasteiger partial charge in [0.2, 0.25) is 0 Å². The molecule has 1 saturated heterocycles. The molecule has 132 valence electrons. The third-order valence-corrected chi connectivity index (χ3v) is 6.83. The Bertz CT molecular complexity index is 848. The molecular formula is C18H19ClN2O3S. The molecule has 2 aromatic carbocycles. The van der Waals surface area contributed by atoms with Gasteiger partial charge in [-0.25, -0.2) is 13.2 Å². The molecule has 1 aliphatic rings.